The molecule has 0 heterocycles. The Morgan fingerprint density at radius 1 is 1.25 bits per heavy atom. The Bertz CT molecular complexity index is 679. The summed E-state index contributed by atoms with van der Waals surface area (Å²) < 4.78 is 0.888. The molecule has 0 aliphatic heterocycles. The molecule has 100 valence electrons. The number of anilines is 1. The molecule has 0 saturated heterocycles. The number of hydrogen-bond acceptors (Lipinski definition) is 3. The predicted molar refractivity (Wildman–Crippen MR) is 80.9 cm³/mol. The monoisotopic (exact) mass is 329 g/mol. The summed E-state index contributed by atoms with van der Waals surface area (Å²) >= 11 is 3.36. The summed E-state index contributed by atoms with van der Waals surface area (Å²) in [7, 11) is 0. The van der Waals surface area contributed by atoms with Crippen molar-refractivity contribution in [2.45, 2.75) is 6.04 Å². The first kappa shape index (κ1) is 14.1. The van der Waals surface area contributed by atoms with E-state index in [4.69, 9.17) is 11.0 Å². The molecular formula is C15H12BrN3O. The maximum absolute atomic E-state index is 11.7. The van der Waals surface area contributed by atoms with Gasteiger partial charge >= 0.3 is 0 Å². The number of carbonyl (C=O) groups excluding carboxylic acids is 1. The highest BCUT2D eigenvalue weighted by molar-refractivity contribution is 9.10. The highest BCUT2D eigenvalue weighted by Crippen LogP contribution is 2.24. The van der Waals surface area contributed by atoms with Crippen molar-refractivity contribution in [2.75, 3.05) is 5.32 Å². The summed E-state index contributed by atoms with van der Waals surface area (Å²) in [6.07, 6.45) is 0. The zero-order valence-electron chi connectivity index (χ0n) is 10.5. The molecule has 3 N–H and O–H groups in total. The maximum atomic E-state index is 11.7. The topological polar surface area (TPSA) is 78.9 Å². The number of amides is 1. The molecular weight excluding hydrogens is 318 g/mol. The van der Waals surface area contributed by atoms with E-state index in [1.54, 1.807) is 24.3 Å². The molecule has 0 bridgehead atoms. The second kappa shape index (κ2) is 6.22. The molecule has 2 aromatic rings. The lowest BCUT2D eigenvalue weighted by Gasteiger charge is -2.18. The van der Waals surface area contributed by atoms with Crippen molar-refractivity contribution >= 4 is 27.5 Å². The lowest BCUT2D eigenvalue weighted by atomic mass is 10.0. The van der Waals surface area contributed by atoms with E-state index in [1.165, 1.54) is 0 Å². The average molecular weight is 330 g/mol. The van der Waals surface area contributed by atoms with Gasteiger partial charge in [0.25, 0.3) is 0 Å². The van der Waals surface area contributed by atoms with Gasteiger partial charge in [-0.25, -0.2) is 0 Å². The third-order valence-electron chi connectivity index (χ3n) is 2.81. The first-order valence-electron chi connectivity index (χ1n) is 5.92. The van der Waals surface area contributed by atoms with Crippen LogP contribution in [0.2, 0.25) is 0 Å². The fraction of sp³-hybridized carbons (Fsp3) is 0.0667. The highest BCUT2D eigenvalue weighted by atomic mass is 79.9. The van der Waals surface area contributed by atoms with Crippen LogP contribution in [0.25, 0.3) is 0 Å². The van der Waals surface area contributed by atoms with Crippen LogP contribution in [0.15, 0.2) is 53.0 Å². The van der Waals surface area contributed by atoms with Gasteiger partial charge in [-0.2, -0.15) is 5.26 Å². The Labute approximate surface area is 125 Å². The zero-order chi connectivity index (χ0) is 14.5. The van der Waals surface area contributed by atoms with Gasteiger partial charge in [-0.15, -0.1) is 0 Å². The zero-order valence-corrected chi connectivity index (χ0v) is 12.1. The molecule has 0 saturated carbocycles. The Kier molecular flexibility index (Phi) is 4.38. The Morgan fingerprint density at radius 2 is 2.00 bits per heavy atom. The number of halogens is 1. The van der Waals surface area contributed by atoms with Crippen LogP contribution in [0.1, 0.15) is 17.2 Å². The number of nitrogens with two attached hydrogens (primary N) is 1. The molecule has 5 heteroatoms. The third kappa shape index (κ3) is 3.16. The van der Waals surface area contributed by atoms with Crippen molar-refractivity contribution in [3.63, 3.8) is 0 Å². The predicted octanol–water partition coefficient (Wildman–Crippen LogP) is 2.96. The number of primary amides is 1. The van der Waals surface area contributed by atoms with E-state index in [9.17, 15) is 4.79 Å². The minimum absolute atomic E-state index is 0.429. The molecule has 0 aromatic heterocycles. The van der Waals surface area contributed by atoms with E-state index in [0.717, 1.165) is 10.2 Å². The average Bonchev–Trinajstić information content (AvgIpc) is 2.44. The van der Waals surface area contributed by atoms with Gasteiger partial charge in [0.2, 0.25) is 5.91 Å². The van der Waals surface area contributed by atoms with Gasteiger partial charge in [0.15, 0.2) is 0 Å². The molecule has 2 rings (SSSR count). The van der Waals surface area contributed by atoms with Crippen LogP contribution in [-0.2, 0) is 4.79 Å². The van der Waals surface area contributed by atoms with Gasteiger partial charge in [-0.1, -0.05) is 40.2 Å². The largest absolute Gasteiger partial charge is 0.370 e. The van der Waals surface area contributed by atoms with Crippen LogP contribution < -0.4 is 11.1 Å². The van der Waals surface area contributed by atoms with Crippen LogP contribution in [0.3, 0.4) is 0 Å². The maximum Gasteiger partial charge on any atom is 0.244 e. The second-order valence-corrected chi connectivity index (χ2v) is 5.10. The number of carbonyl (C=O) groups is 1. The van der Waals surface area contributed by atoms with Crippen molar-refractivity contribution < 1.29 is 4.79 Å². The van der Waals surface area contributed by atoms with E-state index in [0.29, 0.717) is 11.1 Å². The Morgan fingerprint density at radius 3 is 2.65 bits per heavy atom. The van der Waals surface area contributed by atoms with E-state index in [-0.39, 0.29) is 0 Å². The summed E-state index contributed by atoms with van der Waals surface area (Å²) in [5.74, 6) is -0.535. The van der Waals surface area contributed by atoms with Crippen LogP contribution in [-0.4, -0.2) is 5.91 Å². The van der Waals surface area contributed by atoms with Crippen molar-refractivity contribution in [3.05, 3.63) is 64.1 Å². The molecule has 1 unspecified atom stereocenters. The standard InChI is InChI=1S/C15H12BrN3O/c16-11-5-3-6-12(8-11)19-14(15(18)20)13-7-2-1-4-10(13)9-17/h1-8,14,19H,(H2,18,20). The minimum Gasteiger partial charge on any atom is -0.370 e. The Hall–Kier alpha value is -2.32. The molecule has 0 radical (unpaired) electrons. The minimum atomic E-state index is -0.750. The number of rotatable bonds is 4. The number of nitriles is 1. The summed E-state index contributed by atoms with van der Waals surface area (Å²) in [5, 5.41) is 12.2. The molecule has 0 aliphatic carbocycles. The fourth-order valence-electron chi connectivity index (χ4n) is 1.90. The second-order valence-electron chi connectivity index (χ2n) is 4.19. The van der Waals surface area contributed by atoms with Crippen molar-refractivity contribution in [1.29, 1.82) is 5.26 Å². The van der Waals surface area contributed by atoms with Gasteiger partial charge in [-0.05, 0) is 24.3 Å². The lowest BCUT2D eigenvalue weighted by Crippen LogP contribution is -2.28. The van der Waals surface area contributed by atoms with E-state index in [1.807, 2.05) is 24.3 Å². The number of nitrogens with one attached hydrogen (secondary N) is 1. The van der Waals surface area contributed by atoms with Crippen LogP contribution in [0.4, 0.5) is 5.69 Å². The molecule has 1 amide bonds. The molecule has 20 heavy (non-hydrogen) atoms. The molecule has 2 aromatic carbocycles. The van der Waals surface area contributed by atoms with Gasteiger partial charge in [0.05, 0.1) is 11.6 Å². The summed E-state index contributed by atoms with van der Waals surface area (Å²) in [6, 6.07) is 15.6. The van der Waals surface area contributed by atoms with Gasteiger partial charge in [-0.3, -0.25) is 4.79 Å². The summed E-state index contributed by atoms with van der Waals surface area (Å²) in [5.41, 5.74) is 7.20. The van der Waals surface area contributed by atoms with Gasteiger partial charge < -0.3 is 11.1 Å². The summed E-state index contributed by atoms with van der Waals surface area (Å²) in [6.45, 7) is 0. The molecule has 4 nitrogen and oxygen atoms in total. The van der Waals surface area contributed by atoms with Gasteiger partial charge in [0.1, 0.15) is 6.04 Å². The number of benzene rings is 2. The van der Waals surface area contributed by atoms with E-state index in [2.05, 4.69) is 27.3 Å². The van der Waals surface area contributed by atoms with Gasteiger partial charge in [0, 0.05) is 15.7 Å². The third-order valence-corrected chi connectivity index (χ3v) is 3.31. The van der Waals surface area contributed by atoms with Crippen molar-refractivity contribution in [1.82, 2.24) is 0 Å². The lowest BCUT2D eigenvalue weighted by molar-refractivity contribution is -0.118. The fourth-order valence-corrected chi connectivity index (χ4v) is 2.30. The van der Waals surface area contributed by atoms with Crippen LogP contribution in [0, 0.1) is 11.3 Å². The Balaban J connectivity index is 2.38. The van der Waals surface area contributed by atoms with Crippen LogP contribution in [0.5, 0.6) is 0 Å². The molecule has 1 atom stereocenters. The first-order valence-corrected chi connectivity index (χ1v) is 6.71. The molecule has 0 fully saturated rings. The normalized spacial score (nSPS) is 11.4. The van der Waals surface area contributed by atoms with E-state index >= 15 is 0 Å². The van der Waals surface area contributed by atoms with E-state index < -0.39 is 11.9 Å². The first-order chi connectivity index (χ1) is 9.61. The number of hydrogen-bond donors (Lipinski definition) is 2. The summed E-state index contributed by atoms with van der Waals surface area (Å²) in [4.78, 5) is 11.7. The SMILES string of the molecule is N#Cc1ccccc1C(Nc1cccc(Br)c1)C(N)=O. The highest BCUT2D eigenvalue weighted by Gasteiger charge is 2.20. The number of nitrogens with zero attached hydrogens (tertiary/aromatic N) is 1. The molecule has 0 aliphatic rings. The van der Waals surface area contributed by atoms with Crippen molar-refractivity contribution in [3.8, 4) is 6.07 Å². The smallest absolute Gasteiger partial charge is 0.244 e. The molecule has 0 spiro atoms. The van der Waals surface area contributed by atoms with Crippen LogP contribution >= 0.6 is 15.9 Å². The van der Waals surface area contributed by atoms with Crippen molar-refractivity contribution in [2.24, 2.45) is 5.73 Å². The quantitative estimate of drug-likeness (QED) is 0.904.